The molecule has 0 saturated carbocycles. The summed E-state index contributed by atoms with van der Waals surface area (Å²) in [6.45, 7) is 3.22. The molecule has 9 heteroatoms. The monoisotopic (exact) mass is 470 g/mol. The Bertz CT molecular complexity index is 1150. The van der Waals surface area contributed by atoms with Crippen molar-refractivity contribution >= 4 is 21.8 Å². The molecule has 2 aromatic rings. The molecule has 0 radical (unpaired) electrons. The molecule has 176 valence electrons. The number of aromatic amines is 1. The summed E-state index contributed by atoms with van der Waals surface area (Å²) in [5.41, 5.74) is 2.74. The van der Waals surface area contributed by atoms with Crippen molar-refractivity contribution in [1.29, 1.82) is 0 Å². The van der Waals surface area contributed by atoms with Crippen LogP contribution in [0.25, 0.3) is 0 Å². The van der Waals surface area contributed by atoms with Crippen LogP contribution in [0.1, 0.15) is 47.3 Å². The molecule has 5 rings (SSSR count). The molecule has 2 amide bonds. The first-order valence-electron chi connectivity index (χ1n) is 11.8. The third-order valence-corrected chi connectivity index (χ3v) is 8.94. The van der Waals surface area contributed by atoms with Crippen molar-refractivity contribution in [2.45, 2.75) is 43.5 Å². The van der Waals surface area contributed by atoms with Gasteiger partial charge < -0.3 is 14.8 Å². The van der Waals surface area contributed by atoms with Crippen molar-refractivity contribution in [1.82, 2.24) is 19.1 Å². The van der Waals surface area contributed by atoms with Crippen LogP contribution in [-0.2, 0) is 27.8 Å². The number of hydrogen-bond donors (Lipinski definition) is 1. The van der Waals surface area contributed by atoms with E-state index in [0.29, 0.717) is 51.3 Å². The van der Waals surface area contributed by atoms with Gasteiger partial charge in [0.05, 0.1) is 5.92 Å². The minimum atomic E-state index is -3.78. The lowest BCUT2D eigenvalue weighted by atomic mass is 9.95. The number of H-pyrrole nitrogens is 1. The van der Waals surface area contributed by atoms with Gasteiger partial charge in [-0.25, -0.2) is 8.42 Å². The molecule has 1 atom stereocenters. The molecule has 2 fully saturated rings. The van der Waals surface area contributed by atoms with Crippen molar-refractivity contribution in [2.24, 2.45) is 5.92 Å². The van der Waals surface area contributed by atoms with E-state index >= 15 is 0 Å². The number of amides is 2. The van der Waals surface area contributed by atoms with Gasteiger partial charge in [0.1, 0.15) is 10.6 Å². The lowest BCUT2D eigenvalue weighted by Gasteiger charge is -2.36. The lowest BCUT2D eigenvalue weighted by molar-refractivity contribution is -0.137. The van der Waals surface area contributed by atoms with E-state index in [1.807, 2.05) is 17.0 Å². The zero-order valence-electron chi connectivity index (χ0n) is 18.7. The van der Waals surface area contributed by atoms with Crippen LogP contribution in [0.2, 0.25) is 0 Å². The van der Waals surface area contributed by atoms with Gasteiger partial charge >= 0.3 is 0 Å². The summed E-state index contributed by atoms with van der Waals surface area (Å²) in [6, 6.07) is 9.60. The Morgan fingerprint density at radius 1 is 0.939 bits per heavy atom. The zero-order valence-corrected chi connectivity index (χ0v) is 19.5. The molecule has 8 nitrogen and oxygen atoms in total. The molecular weight excluding hydrogens is 440 g/mol. The minimum absolute atomic E-state index is 0.0309. The summed E-state index contributed by atoms with van der Waals surface area (Å²) < 4.78 is 28.0. The smallest absolute Gasteiger partial charge is 0.270 e. The second kappa shape index (κ2) is 8.95. The van der Waals surface area contributed by atoms with Gasteiger partial charge in [0.15, 0.2) is 0 Å². The zero-order chi connectivity index (χ0) is 23.0. The van der Waals surface area contributed by atoms with E-state index in [9.17, 15) is 18.0 Å². The number of aromatic nitrogens is 1. The molecule has 1 unspecified atom stereocenters. The van der Waals surface area contributed by atoms with Gasteiger partial charge in [-0.1, -0.05) is 24.3 Å². The summed E-state index contributed by atoms with van der Waals surface area (Å²) in [4.78, 5) is 32.4. The fourth-order valence-corrected chi connectivity index (χ4v) is 6.71. The first kappa shape index (κ1) is 22.2. The van der Waals surface area contributed by atoms with Crippen LogP contribution in [0.4, 0.5) is 0 Å². The van der Waals surface area contributed by atoms with Crippen LogP contribution >= 0.6 is 0 Å². The van der Waals surface area contributed by atoms with E-state index < -0.39 is 10.0 Å². The fourth-order valence-electron chi connectivity index (χ4n) is 5.19. The highest BCUT2D eigenvalue weighted by atomic mass is 32.2. The maximum atomic E-state index is 13.3. The van der Waals surface area contributed by atoms with Gasteiger partial charge in [-0.3, -0.25) is 9.59 Å². The summed E-state index contributed by atoms with van der Waals surface area (Å²) in [5, 5.41) is 0. The van der Waals surface area contributed by atoms with Crippen molar-refractivity contribution in [3.05, 3.63) is 53.3 Å². The van der Waals surface area contributed by atoms with Crippen LogP contribution in [0.5, 0.6) is 0 Å². The molecule has 2 saturated heterocycles. The van der Waals surface area contributed by atoms with E-state index in [1.165, 1.54) is 27.7 Å². The Labute approximate surface area is 194 Å². The van der Waals surface area contributed by atoms with Crippen LogP contribution in [0, 0.1) is 5.92 Å². The molecule has 3 aliphatic heterocycles. The lowest BCUT2D eigenvalue weighted by Crippen LogP contribution is -2.47. The molecule has 33 heavy (non-hydrogen) atoms. The number of hydrogen-bond acceptors (Lipinski definition) is 4. The van der Waals surface area contributed by atoms with Gasteiger partial charge in [-0.05, 0) is 49.3 Å². The highest BCUT2D eigenvalue weighted by Gasteiger charge is 2.36. The topological polar surface area (TPSA) is 93.8 Å². The largest absolute Gasteiger partial charge is 0.356 e. The van der Waals surface area contributed by atoms with Crippen molar-refractivity contribution in [2.75, 3.05) is 32.7 Å². The average Bonchev–Trinajstić information content (AvgIpc) is 3.56. The number of carbonyl (C=O) groups is 2. The molecular formula is C24H30N4O4S. The van der Waals surface area contributed by atoms with E-state index in [1.54, 1.807) is 4.90 Å². The van der Waals surface area contributed by atoms with Gasteiger partial charge in [-0.15, -0.1) is 0 Å². The quantitative estimate of drug-likeness (QED) is 0.742. The number of likely N-dealkylation sites (tertiary alicyclic amines) is 1. The fraction of sp³-hybridized carbons (Fsp3) is 0.500. The third kappa shape index (κ3) is 4.31. The maximum Gasteiger partial charge on any atom is 0.270 e. The highest BCUT2D eigenvalue weighted by Crippen LogP contribution is 2.28. The van der Waals surface area contributed by atoms with Crippen molar-refractivity contribution in [3.63, 3.8) is 0 Å². The van der Waals surface area contributed by atoms with Crippen LogP contribution in [0.15, 0.2) is 41.4 Å². The van der Waals surface area contributed by atoms with Crippen molar-refractivity contribution < 1.29 is 18.0 Å². The molecule has 3 aliphatic rings. The number of carbonyl (C=O) groups excluding carboxylic acids is 2. The highest BCUT2D eigenvalue weighted by molar-refractivity contribution is 7.89. The van der Waals surface area contributed by atoms with Gasteiger partial charge in [0, 0.05) is 45.5 Å². The maximum absolute atomic E-state index is 13.3. The van der Waals surface area contributed by atoms with E-state index in [2.05, 4.69) is 17.1 Å². The van der Waals surface area contributed by atoms with Crippen molar-refractivity contribution in [3.8, 4) is 0 Å². The van der Waals surface area contributed by atoms with E-state index in [0.717, 1.165) is 19.3 Å². The molecule has 1 aromatic heterocycles. The second-order valence-corrected chi connectivity index (χ2v) is 11.2. The number of benzene rings is 1. The van der Waals surface area contributed by atoms with Crippen LogP contribution < -0.4 is 0 Å². The molecule has 1 N–H and O–H groups in total. The summed E-state index contributed by atoms with van der Waals surface area (Å²) in [5.74, 6) is -0.474. The summed E-state index contributed by atoms with van der Waals surface area (Å²) in [7, 11) is -3.78. The molecule has 1 aromatic carbocycles. The SMILES string of the molecule is O=C(c1cc(S(=O)(=O)N2CCCC(C(=O)N3CCc4ccccc4C3)C2)c[nH]1)N1CCCC1. The third-order valence-electron chi connectivity index (χ3n) is 7.09. The number of piperidine rings is 1. The number of nitrogens with zero attached hydrogens (tertiary/aromatic N) is 3. The summed E-state index contributed by atoms with van der Waals surface area (Å²) in [6.07, 6.45) is 5.51. The summed E-state index contributed by atoms with van der Waals surface area (Å²) >= 11 is 0. The minimum Gasteiger partial charge on any atom is -0.356 e. The first-order chi connectivity index (χ1) is 15.9. The standard InChI is InChI=1S/C24H30N4O4S/c29-23(27-13-9-18-6-1-2-7-19(18)16-27)20-8-5-12-28(17-20)33(31,32)21-14-22(25-15-21)24(30)26-10-3-4-11-26/h1-2,6-7,14-15,20,25H,3-5,8-13,16-17H2. The Kier molecular flexibility index (Phi) is 6.01. The number of sulfonamides is 1. The molecule has 4 heterocycles. The molecule has 0 spiro atoms. The predicted octanol–water partition coefficient (Wildman–Crippen LogP) is 2.24. The Morgan fingerprint density at radius 3 is 2.48 bits per heavy atom. The Balaban J connectivity index is 1.27. The van der Waals surface area contributed by atoms with Crippen LogP contribution in [0.3, 0.4) is 0 Å². The van der Waals surface area contributed by atoms with Gasteiger partial charge in [0.25, 0.3) is 5.91 Å². The molecule has 0 aliphatic carbocycles. The van der Waals surface area contributed by atoms with E-state index in [-0.39, 0.29) is 29.2 Å². The van der Waals surface area contributed by atoms with Crippen LogP contribution in [-0.4, -0.2) is 72.0 Å². The Morgan fingerprint density at radius 2 is 1.70 bits per heavy atom. The number of fused-ring (bicyclic) bond motifs is 1. The van der Waals surface area contributed by atoms with Gasteiger partial charge in [-0.2, -0.15) is 4.31 Å². The van der Waals surface area contributed by atoms with E-state index in [4.69, 9.17) is 0 Å². The average molecular weight is 471 g/mol. The first-order valence-corrected chi connectivity index (χ1v) is 13.2. The predicted molar refractivity (Wildman–Crippen MR) is 123 cm³/mol. The normalized spacial score (nSPS) is 21.8. The molecule has 0 bridgehead atoms. The second-order valence-electron chi connectivity index (χ2n) is 9.23. The van der Waals surface area contributed by atoms with Gasteiger partial charge in [0.2, 0.25) is 15.9 Å². The Hall–Kier alpha value is -2.65. The number of nitrogens with one attached hydrogen (secondary N) is 1. The number of rotatable bonds is 4.